The number of carboxylic acids is 1. The Hall–Kier alpha value is -3.16. The molecule has 31 heavy (non-hydrogen) atoms. The van der Waals surface area contributed by atoms with Gasteiger partial charge in [0.05, 0.1) is 12.5 Å². The van der Waals surface area contributed by atoms with Gasteiger partial charge in [0.1, 0.15) is 11.6 Å². The van der Waals surface area contributed by atoms with E-state index in [0.717, 1.165) is 56.6 Å². The molecule has 0 radical (unpaired) electrons. The van der Waals surface area contributed by atoms with Crippen LogP contribution in [0.15, 0.2) is 30.5 Å². The highest BCUT2D eigenvalue weighted by atomic mass is 16.4. The zero-order valence-electron chi connectivity index (χ0n) is 17.6. The van der Waals surface area contributed by atoms with Gasteiger partial charge in [-0.15, -0.1) is 0 Å². The van der Waals surface area contributed by atoms with Crippen LogP contribution in [-0.4, -0.2) is 44.9 Å². The number of nitrogen functional groups attached to an aromatic ring is 1. The van der Waals surface area contributed by atoms with Crippen molar-refractivity contribution >= 4 is 23.5 Å². The van der Waals surface area contributed by atoms with Crippen LogP contribution in [0.5, 0.6) is 0 Å². The molecule has 0 spiro atoms. The summed E-state index contributed by atoms with van der Waals surface area (Å²) in [5, 5.41) is 12.7. The van der Waals surface area contributed by atoms with Crippen molar-refractivity contribution in [2.75, 3.05) is 24.1 Å². The first-order chi connectivity index (χ1) is 15.0. The third kappa shape index (κ3) is 4.95. The van der Waals surface area contributed by atoms with E-state index in [9.17, 15) is 14.7 Å². The normalized spacial score (nSPS) is 19.0. The fraction of sp³-hybridized carbons (Fsp3) is 0.478. The molecule has 8 nitrogen and oxygen atoms in total. The van der Waals surface area contributed by atoms with Crippen LogP contribution in [0.4, 0.5) is 11.6 Å². The lowest BCUT2D eigenvalue weighted by atomic mass is 9.98. The first kappa shape index (κ1) is 21.1. The predicted molar refractivity (Wildman–Crippen MR) is 117 cm³/mol. The molecule has 0 aromatic carbocycles. The number of nitrogens with one attached hydrogen (secondary N) is 1. The predicted octanol–water partition coefficient (Wildman–Crippen LogP) is 2.80. The summed E-state index contributed by atoms with van der Waals surface area (Å²) in [5.41, 5.74) is 8.68. The second kappa shape index (κ2) is 9.32. The number of carboxylic acid groups (broad SMARTS) is 1. The van der Waals surface area contributed by atoms with Gasteiger partial charge in [-0.05, 0) is 61.8 Å². The number of nitrogens with zero attached hydrogens (tertiary/aromatic N) is 3. The van der Waals surface area contributed by atoms with E-state index in [1.165, 1.54) is 5.56 Å². The summed E-state index contributed by atoms with van der Waals surface area (Å²) in [5.74, 6) is 0.386. The van der Waals surface area contributed by atoms with Gasteiger partial charge >= 0.3 is 5.97 Å². The van der Waals surface area contributed by atoms with E-state index in [1.54, 1.807) is 23.2 Å². The van der Waals surface area contributed by atoms with E-state index in [0.29, 0.717) is 17.9 Å². The molecular weight excluding hydrogens is 394 g/mol. The molecule has 2 aromatic rings. The number of carbonyl (C=O) groups excluding carboxylic acids is 1. The third-order valence-corrected chi connectivity index (χ3v) is 6.23. The zero-order chi connectivity index (χ0) is 21.8. The van der Waals surface area contributed by atoms with Crippen LogP contribution in [0.1, 0.15) is 55.0 Å². The van der Waals surface area contributed by atoms with Gasteiger partial charge in [0.2, 0.25) is 5.91 Å². The standard InChI is InChI=1S/C23H29N5O3/c24-20-9-7-17(14-26-20)19(13-21(29)30)28-12-10-16(23(28)31)3-1-5-18-8-6-15-4-2-11-25-22(15)27-18/h6-9,14,16,19H,1-5,10-13H2,(H2,24,26)(H,25,27)(H,29,30). The van der Waals surface area contributed by atoms with Crippen molar-refractivity contribution in [3.05, 3.63) is 47.3 Å². The second-order valence-electron chi connectivity index (χ2n) is 8.38. The van der Waals surface area contributed by atoms with E-state index in [2.05, 4.69) is 22.4 Å². The molecule has 0 aliphatic carbocycles. The van der Waals surface area contributed by atoms with Gasteiger partial charge in [-0.25, -0.2) is 9.97 Å². The number of aliphatic carboxylic acids is 1. The smallest absolute Gasteiger partial charge is 0.305 e. The Balaban J connectivity index is 1.36. The van der Waals surface area contributed by atoms with E-state index in [4.69, 9.17) is 10.7 Å². The maximum absolute atomic E-state index is 13.1. The fourth-order valence-electron chi connectivity index (χ4n) is 4.57. The Bertz CT molecular complexity index is 947. The average Bonchev–Trinajstić information content (AvgIpc) is 3.13. The lowest BCUT2D eigenvalue weighted by Gasteiger charge is -2.27. The van der Waals surface area contributed by atoms with Gasteiger partial charge < -0.3 is 21.1 Å². The molecule has 2 aliphatic rings. The van der Waals surface area contributed by atoms with Gasteiger partial charge in [0.25, 0.3) is 0 Å². The summed E-state index contributed by atoms with van der Waals surface area (Å²) in [7, 11) is 0. The van der Waals surface area contributed by atoms with Crippen molar-refractivity contribution < 1.29 is 14.7 Å². The quantitative estimate of drug-likeness (QED) is 0.597. The number of aryl methyl sites for hydroxylation is 2. The van der Waals surface area contributed by atoms with Crippen LogP contribution in [0, 0.1) is 5.92 Å². The van der Waals surface area contributed by atoms with Crippen molar-refractivity contribution in [1.82, 2.24) is 14.9 Å². The number of fused-ring (bicyclic) bond motifs is 1. The Kier molecular flexibility index (Phi) is 6.34. The molecule has 4 heterocycles. The summed E-state index contributed by atoms with van der Waals surface area (Å²) < 4.78 is 0. The number of anilines is 2. The molecular formula is C23H29N5O3. The molecule has 0 saturated carbocycles. The fourth-order valence-corrected chi connectivity index (χ4v) is 4.57. The molecule has 8 heteroatoms. The molecule has 2 unspecified atom stereocenters. The number of pyridine rings is 2. The molecule has 0 bridgehead atoms. The van der Waals surface area contributed by atoms with Gasteiger partial charge in [-0.3, -0.25) is 9.59 Å². The highest BCUT2D eigenvalue weighted by Gasteiger charge is 2.37. The van der Waals surface area contributed by atoms with Gasteiger partial charge in [0, 0.05) is 30.9 Å². The molecule has 2 aromatic heterocycles. The van der Waals surface area contributed by atoms with Crippen molar-refractivity contribution in [3.8, 4) is 0 Å². The molecule has 164 valence electrons. The molecule has 2 aliphatic heterocycles. The highest BCUT2D eigenvalue weighted by molar-refractivity contribution is 5.82. The van der Waals surface area contributed by atoms with Crippen LogP contribution >= 0.6 is 0 Å². The Labute approximate surface area is 181 Å². The number of hydrogen-bond donors (Lipinski definition) is 3. The summed E-state index contributed by atoms with van der Waals surface area (Å²) >= 11 is 0. The molecule has 2 atom stereocenters. The van der Waals surface area contributed by atoms with Crippen LogP contribution in [0.3, 0.4) is 0 Å². The van der Waals surface area contributed by atoms with E-state index in [-0.39, 0.29) is 18.2 Å². The number of nitrogens with two attached hydrogens (primary N) is 1. The Morgan fingerprint density at radius 3 is 2.97 bits per heavy atom. The van der Waals surface area contributed by atoms with E-state index >= 15 is 0 Å². The number of hydrogen-bond acceptors (Lipinski definition) is 6. The number of rotatable bonds is 8. The van der Waals surface area contributed by atoms with Gasteiger partial charge in [-0.2, -0.15) is 0 Å². The van der Waals surface area contributed by atoms with Crippen molar-refractivity contribution in [3.63, 3.8) is 0 Å². The van der Waals surface area contributed by atoms with Crippen LogP contribution in [0.2, 0.25) is 0 Å². The largest absolute Gasteiger partial charge is 0.481 e. The van der Waals surface area contributed by atoms with Crippen LogP contribution in [-0.2, 0) is 22.4 Å². The first-order valence-electron chi connectivity index (χ1n) is 11.0. The minimum atomic E-state index is -0.940. The maximum atomic E-state index is 13.1. The number of likely N-dealkylation sites (tertiary alicyclic amines) is 1. The Morgan fingerprint density at radius 2 is 2.19 bits per heavy atom. The number of amides is 1. The van der Waals surface area contributed by atoms with Crippen molar-refractivity contribution in [1.29, 1.82) is 0 Å². The number of carbonyl (C=O) groups is 2. The third-order valence-electron chi connectivity index (χ3n) is 6.23. The minimum Gasteiger partial charge on any atom is -0.481 e. The van der Waals surface area contributed by atoms with E-state index < -0.39 is 12.0 Å². The molecule has 1 amide bonds. The zero-order valence-corrected chi connectivity index (χ0v) is 17.6. The Morgan fingerprint density at radius 1 is 1.32 bits per heavy atom. The van der Waals surface area contributed by atoms with Gasteiger partial charge in [0.15, 0.2) is 0 Å². The summed E-state index contributed by atoms with van der Waals surface area (Å²) in [6.45, 7) is 1.53. The molecule has 1 saturated heterocycles. The van der Waals surface area contributed by atoms with Crippen molar-refractivity contribution in [2.24, 2.45) is 5.92 Å². The van der Waals surface area contributed by atoms with Crippen LogP contribution in [0.25, 0.3) is 0 Å². The summed E-state index contributed by atoms with van der Waals surface area (Å²) in [6.07, 6.45) is 6.88. The topological polar surface area (TPSA) is 121 Å². The molecule has 1 fully saturated rings. The van der Waals surface area contributed by atoms with Crippen LogP contribution < -0.4 is 11.1 Å². The monoisotopic (exact) mass is 423 g/mol. The van der Waals surface area contributed by atoms with E-state index in [1.807, 2.05) is 0 Å². The highest BCUT2D eigenvalue weighted by Crippen LogP contribution is 2.33. The summed E-state index contributed by atoms with van der Waals surface area (Å²) in [6, 6.07) is 7.13. The second-order valence-corrected chi connectivity index (χ2v) is 8.38. The average molecular weight is 424 g/mol. The molecule has 4 N–H and O–H groups in total. The summed E-state index contributed by atoms with van der Waals surface area (Å²) in [4.78, 5) is 35.0. The lowest BCUT2D eigenvalue weighted by molar-refractivity contribution is -0.140. The minimum absolute atomic E-state index is 0.0307. The first-order valence-corrected chi connectivity index (χ1v) is 11.0. The van der Waals surface area contributed by atoms with Gasteiger partial charge in [-0.1, -0.05) is 12.1 Å². The SMILES string of the molecule is Nc1ccc(C(CC(=O)O)N2CCC(CCCc3ccc4c(n3)NCCC4)C2=O)cn1. The number of aromatic nitrogens is 2. The molecule has 4 rings (SSSR count). The maximum Gasteiger partial charge on any atom is 0.305 e. The van der Waals surface area contributed by atoms with Crippen molar-refractivity contribution in [2.45, 2.75) is 51.0 Å². The lowest BCUT2D eigenvalue weighted by Crippen LogP contribution is -2.33.